The second-order valence-electron chi connectivity index (χ2n) is 6.14. The van der Waals surface area contributed by atoms with E-state index in [1.54, 1.807) is 12.4 Å². The van der Waals surface area contributed by atoms with Crippen LogP contribution >= 0.6 is 24.0 Å². The molecule has 0 saturated carbocycles. The molecule has 0 bridgehead atoms. The minimum atomic E-state index is -5.25. The Labute approximate surface area is 180 Å². The Kier molecular flexibility index (Phi) is 9.90. The predicted octanol–water partition coefficient (Wildman–Crippen LogP) is 2.11. The number of nitrogens with one attached hydrogen (secondary N) is 2. The van der Waals surface area contributed by atoms with Crippen molar-refractivity contribution in [2.24, 2.45) is 4.99 Å². The van der Waals surface area contributed by atoms with Crippen LogP contribution in [0.2, 0.25) is 0 Å². The average molecular weight is 535 g/mol. The van der Waals surface area contributed by atoms with E-state index >= 15 is 0 Å². The number of hydrogen-bond donors (Lipinski definition) is 2. The Morgan fingerprint density at radius 2 is 2.04 bits per heavy atom. The number of aliphatic imine (C=N–C) groups is 1. The Balaban J connectivity index is 0.00000392. The first kappa shape index (κ1) is 24.9. The van der Waals surface area contributed by atoms with E-state index in [-0.39, 0.29) is 55.9 Å². The number of rotatable bonds is 6. The van der Waals surface area contributed by atoms with E-state index in [4.69, 9.17) is 0 Å². The van der Waals surface area contributed by atoms with Crippen LogP contribution in [0.15, 0.2) is 29.5 Å². The minimum absolute atomic E-state index is 0. The molecule has 28 heavy (non-hydrogen) atoms. The summed E-state index contributed by atoms with van der Waals surface area (Å²) < 4.78 is 61.3. The Morgan fingerprint density at radius 3 is 2.57 bits per heavy atom. The van der Waals surface area contributed by atoms with E-state index in [9.17, 15) is 21.6 Å². The van der Waals surface area contributed by atoms with E-state index < -0.39 is 15.5 Å². The molecule has 0 amide bonds. The van der Waals surface area contributed by atoms with Crippen molar-refractivity contribution < 1.29 is 21.6 Å². The van der Waals surface area contributed by atoms with Crippen LogP contribution in [-0.4, -0.2) is 61.4 Å². The van der Waals surface area contributed by atoms with Crippen LogP contribution in [0.5, 0.6) is 0 Å². The number of pyridine rings is 1. The molecule has 2 N–H and O–H groups in total. The Bertz CT molecular complexity index is 724. The third-order valence-corrected chi connectivity index (χ3v) is 5.79. The smallest absolute Gasteiger partial charge is 0.357 e. The number of guanidine groups is 1. The monoisotopic (exact) mass is 535 g/mol. The molecular weight excluding hydrogens is 510 g/mol. The summed E-state index contributed by atoms with van der Waals surface area (Å²) >= 11 is 0. The molecule has 160 valence electrons. The fourth-order valence-electron chi connectivity index (χ4n) is 2.74. The summed E-state index contributed by atoms with van der Waals surface area (Å²) in [6.45, 7) is 2.74. The fourth-order valence-corrected chi connectivity index (χ4v) is 3.73. The van der Waals surface area contributed by atoms with Gasteiger partial charge in [0.25, 0.3) is 0 Å². The van der Waals surface area contributed by atoms with Gasteiger partial charge in [0.2, 0.25) is 0 Å². The molecular formula is C16H25F3IN5O2S. The molecule has 12 heteroatoms. The number of halogens is 4. The van der Waals surface area contributed by atoms with Crippen molar-refractivity contribution in [3.63, 3.8) is 0 Å². The zero-order chi connectivity index (χ0) is 19.9. The van der Waals surface area contributed by atoms with E-state index in [1.165, 1.54) is 0 Å². The van der Waals surface area contributed by atoms with Gasteiger partial charge in [0.1, 0.15) is 0 Å². The lowest BCUT2D eigenvalue weighted by atomic mass is 10.1. The zero-order valence-electron chi connectivity index (χ0n) is 15.4. The van der Waals surface area contributed by atoms with Crippen molar-refractivity contribution in [1.82, 2.24) is 19.9 Å². The quantitative estimate of drug-likeness (QED) is 0.331. The number of nitrogens with zero attached hydrogens (tertiary/aromatic N) is 3. The molecule has 0 spiro atoms. The molecule has 1 aliphatic rings. The number of aromatic nitrogens is 1. The Morgan fingerprint density at radius 1 is 1.36 bits per heavy atom. The third kappa shape index (κ3) is 7.03. The first-order valence-electron chi connectivity index (χ1n) is 8.74. The molecule has 1 fully saturated rings. The second-order valence-corrected chi connectivity index (χ2v) is 8.07. The van der Waals surface area contributed by atoms with Crippen LogP contribution in [0, 0.1) is 0 Å². The van der Waals surface area contributed by atoms with E-state index in [1.807, 2.05) is 19.1 Å². The van der Waals surface area contributed by atoms with Gasteiger partial charge in [-0.25, -0.2) is 8.42 Å². The topological polar surface area (TPSA) is 86.7 Å². The van der Waals surface area contributed by atoms with Crippen LogP contribution in [-0.2, 0) is 16.4 Å². The van der Waals surface area contributed by atoms with Crippen LogP contribution in [0.1, 0.15) is 25.3 Å². The lowest BCUT2D eigenvalue weighted by Crippen LogP contribution is -2.51. The van der Waals surface area contributed by atoms with E-state index in [2.05, 4.69) is 20.6 Å². The van der Waals surface area contributed by atoms with Gasteiger partial charge in [-0.3, -0.25) is 9.98 Å². The van der Waals surface area contributed by atoms with E-state index in [0.29, 0.717) is 29.8 Å². The van der Waals surface area contributed by atoms with Gasteiger partial charge in [0, 0.05) is 44.6 Å². The van der Waals surface area contributed by atoms with Crippen molar-refractivity contribution in [2.45, 2.75) is 37.7 Å². The summed E-state index contributed by atoms with van der Waals surface area (Å²) in [7, 11) is -5.25. The van der Waals surface area contributed by atoms with Gasteiger partial charge in [-0.15, -0.1) is 24.0 Å². The molecule has 0 aliphatic carbocycles. The van der Waals surface area contributed by atoms with Gasteiger partial charge >= 0.3 is 15.5 Å². The molecule has 1 saturated heterocycles. The summed E-state index contributed by atoms with van der Waals surface area (Å²) in [5, 5.41) is 6.27. The molecule has 1 aromatic heterocycles. The highest BCUT2D eigenvalue weighted by Crippen LogP contribution is 2.28. The predicted molar refractivity (Wildman–Crippen MR) is 112 cm³/mol. The largest absolute Gasteiger partial charge is 0.511 e. The first-order valence-corrected chi connectivity index (χ1v) is 10.2. The minimum Gasteiger partial charge on any atom is -0.357 e. The Hall–Kier alpha value is -1.15. The van der Waals surface area contributed by atoms with Crippen molar-refractivity contribution in [3.05, 3.63) is 30.1 Å². The zero-order valence-corrected chi connectivity index (χ0v) is 18.6. The van der Waals surface area contributed by atoms with Gasteiger partial charge in [-0.1, -0.05) is 6.07 Å². The van der Waals surface area contributed by atoms with Crippen LogP contribution in [0.4, 0.5) is 13.2 Å². The highest BCUT2D eigenvalue weighted by Gasteiger charge is 2.50. The maximum absolute atomic E-state index is 12.6. The van der Waals surface area contributed by atoms with Crippen molar-refractivity contribution in [1.29, 1.82) is 0 Å². The van der Waals surface area contributed by atoms with Crippen LogP contribution < -0.4 is 10.6 Å². The summed E-state index contributed by atoms with van der Waals surface area (Å²) in [4.78, 5) is 8.51. The summed E-state index contributed by atoms with van der Waals surface area (Å²) in [6.07, 6.45) is 4.74. The number of piperidine rings is 1. The van der Waals surface area contributed by atoms with Crippen molar-refractivity contribution in [3.8, 4) is 0 Å². The highest BCUT2D eigenvalue weighted by molar-refractivity contribution is 14.0. The van der Waals surface area contributed by atoms with Gasteiger partial charge < -0.3 is 10.6 Å². The average Bonchev–Trinajstić information content (AvgIpc) is 2.62. The molecule has 0 radical (unpaired) electrons. The molecule has 1 aliphatic heterocycles. The molecule has 1 aromatic rings. The summed E-state index contributed by atoms with van der Waals surface area (Å²) in [5.74, 6) is 0.568. The lowest BCUT2D eigenvalue weighted by Gasteiger charge is -2.32. The van der Waals surface area contributed by atoms with Crippen molar-refractivity contribution >= 4 is 40.0 Å². The molecule has 0 aromatic carbocycles. The van der Waals surface area contributed by atoms with E-state index in [0.717, 1.165) is 5.56 Å². The molecule has 7 nitrogen and oxygen atoms in total. The van der Waals surface area contributed by atoms with Crippen molar-refractivity contribution in [2.75, 3.05) is 26.2 Å². The van der Waals surface area contributed by atoms with Gasteiger partial charge in [-0.2, -0.15) is 17.5 Å². The molecule has 0 atom stereocenters. The number of sulfonamides is 1. The maximum atomic E-state index is 12.6. The van der Waals surface area contributed by atoms with Crippen LogP contribution in [0.25, 0.3) is 0 Å². The summed E-state index contributed by atoms with van der Waals surface area (Å²) in [6, 6.07) is 3.67. The normalized spacial score (nSPS) is 17.1. The number of alkyl halides is 3. The SMILES string of the molecule is CCNC(=NCCc1cccnc1)NC1CCN(S(=O)(=O)C(F)(F)F)CC1.I. The van der Waals surface area contributed by atoms with Gasteiger partial charge in [-0.05, 0) is 37.8 Å². The molecule has 2 rings (SSSR count). The molecule has 2 heterocycles. The fraction of sp³-hybridized carbons (Fsp3) is 0.625. The molecule has 0 unspecified atom stereocenters. The maximum Gasteiger partial charge on any atom is 0.511 e. The first-order chi connectivity index (χ1) is 12.7. The second kappa shape index (κ2) is 11.1. The third-order valence-electron chi connectivity index (χ3n) is 4.16. The van der Waals surface area contributed by atoms with Gasteiger partial charge in [0.15, 0.2) is 5.96 Å². The summed E-state index contributed by atoms with van der Waals surface area (Å²) in [5.41, 5.74) is -4.20. The number of hydrogen-bond acceptors (Lipinski definition) is 4. The standard InChI is InChI=1S/C16H24F3N5O2S.HI/c1-2-21-15(22-9-5-13-4-3-8-20-12-13)23-14-6-10-24(11-7-14)27(25,26)16(17,18)19;/h3-4,8,12,14H,2,5-7,9-11H2,1H3,(H2,21,22,23);1H. The lowest BCUT2D eigenvalue weighted by molar-refractivity contribution is -0.0494. The van der Waals surface area contributed by atoms with Crippen LogP contribution in [0.3, 0.4) is 0 Å². The highest BCUT2D eigenvalue weighted by atomic mass is 127. The van der Waals surface area contributed by atoms with Gasteiger partial charge in [0.05, 0.1) is 0 Å².